The number of ether oxygens (including phenoxy) is 1. The maximum atomic E-state index is 12.3. The number of hydrogen-bond donors (Lipinski definition) is 2. The van der Waals surface area contributed by atoms with E-state index in [-0.39, 0.29) is 30.5 Å². The summed E-state index contributed by atoms with van der Waals surface area (Å²) in [5.74, 6) is -0.0519. The molecule has 21 heavy (non-hydrogen) atoms. The minimum absolute atomic E-state index is 0. The first-order chi connectivity index (χ1) is 9.67. The molecule has 1 aliphatic rings. The lowest BCUT2D eigenvalue weighted by molar-refractivity contribution is -0.126. The number of amides is 1. The van der Waals surface area contributed by atoms with Crippen LogP contribution in [0.5, 0.6) is 0 Å². The SMILES string of the molecule is CCc1ccc(CC)c(NC(=O)[C@@H]2CC[C@H](CN)O2)c1.Cl. The Bertz CT molecular complexity index is 479. The van der Waals surface area contributed by atoms with Crippen molar-refractivity contribution in [2.45, 2.75) is 51.7 Å². The molecule has 1 aliphatic heterocycles. The highest BCUT2D eigenvalue weighted by atomic mass is 35.5. The van der Waals surface area contributed by atoms with Gasteiger partial charge in [0.1, 0.15) is 6.10 Å². The van der Waals surface area contributed by atoms with Crippen LogP contribution in [0.4, 0.5) is 5.69 Å². The normalized spacial score (nSPS) is 20.9. The minimum Gasteiger partial charge on any atom is -0.364 e. The highest BCUT2D eigenvalue weighted by Crippen LogP contribution is 2.23. The van der Waals surface area contributed by atoms with Crippen molar-refractivity contribution in [2.75, 3.05) is 11.9 Å². The summed E-state index contributed by atoms with van der Waals surface area (Å²) in [6.07, 6.45) is 3.14. The lowest BCUT2D eigenvalue weighted by Crippen LogP contribution is -2.30. The van der Waals surface area contributed by atoms with E-state index in [1.165, 1.54) is 5.56 Å². The van der Waals surface area contributed by atoms with Gasteiger partial charge in [0.2, 0.25) is 0 Å². The second-order valence-electron chi connectivity index (χ2n) is 5.25. The Balaban J connectivity index is 0.00000220. The molecular formula is C16H25ClN2O2. The average Bonchev–Trinajstić information content (AvgIpc) is 2.96. The highest BCUT2D eigenvalue weighted by molar-refractivity contribution is 5.95. The molecule has 1 aromatic rings. The summed E-state index contributed by atoms with van der Waals surface area (Å²) < 4.78 is 5.64. The Kier molecular flexibility index (Phi) is 7.15. The third kappa shape index (κ3) is 4.43. The zero-order valence-corrected chi connectivity index (χ0v) is 13.5. The van der Waals surface area contributed by atoms with Crippen LogP contribution in [-0.2, 0) is 22.4 Å². The highest BCUT2D eigenvalue weighted by Gasteiger charge is 2.30. The number of nitrogens with two attached hydrogens (primary N) is 1. The summed E-state index contributed by atoms with van der Waals surface area (Å²) in [5, 5.41) is 3.02. The second kappa shape index (κ2) is 8.37. The van der Waals surface area contributed by atoms with Crippen LogP contribution in [0.25, 0.3) is 0 Å². The first kappa shape index (κ1) is 18.0. The van der Waals surface area contributed by atoms with Gasteiger partial charge in [-0.3, -0.25) is 4.79 Å². The van der Waals surface area contributed by atoms with E-state index >= 15 is 0 Å². The van der Waals surface area contributed by atoms with Gasteiger partial charge in [0.15, 0.2) is 0 Å². The standard InChI is InChI=1S/C16H24N2O2.ClH/c1-3-11-5-6-12(4-2)14(9-11)18-16(19)15-8-7-13(10-17)20-15;/h5-6,9,13,15H,3-4,7-8,10,17H2,1-2H3,(H,18,19);1H/t13-,15+;/m1./s1. The molecule has 1 heterocycles. The summed E-state index contributed by atoms with van der Waals surface area (Å²) in [4.78, 5) is 12.3. The molecule has 1 fully saturated rings. The van der Waals surface area contributed by atoms with Gasteiger partial charge in [-0.15, -0.1) is 12.4 Å². The van der Waals surface area contributed by atoms with Crippen LogP contribution in [0.15, 0.2) is 18.2 Å². The van der Waals surface area contributed by atoms with E-state index in [9.17, 15) is 4.79 Å². The van der Waals surface area contributed by atoms with Gasteiger partial charge in [-0.1, -0.05) is 26.0 Å². The molecule has 0 saturated carbocycles. The van der Waals surface area contributed by atoms with Crippen molar-refractivity contribution < 1.29 is 9.53 Å². The molecule has 2 rings (SSSR count). The van der Waals surface area contributed by atoms with E-state index in [1.54, 1.807) is 0 Å². The van der Waals surface area contributed by atoms with Crippen LogP contribution in [0, 0.1) is 0 Å². The quantitative estimate of drug-likeness (QED) is 0.878. The number of aryl methyl sites for hydroxylation is 2. The van der Waals surface area contributed by atoms with Crippen molar-refractivity contribution >= 4 is 24.0 Å². The van der Waals surface area contributed by atoms with Crippen LogP contribution in [0.2, 0.25) is 0 Å². The lowest BCUT2D eigenvalue weighted by atomic mass is 10.0. The van der Waals surface area contributed by atoms with Crippen molar-refractivity contribution in [3.8, 4) is 0 Å². The van der Waals surface area contributed by atoms with Crippen LogP contribution in [0.3, 0.4) is 0 Å². The summed E-state index contributed by atoms with van der Waals surface area (Å²) >= 11 is 0. The molecule has 1 amide bonds. The summed E-state index contributed by atoms with van der Waals surface area (Å²) in [5.41, 5.74) is 8.87. The first-order valence-electron chi connectivity index (χ1n) is 7.46. The van der Waals surface area contributed by atoms with Crippen molar-refractivity contribution in [2.24, 2.45) is 5.73 Å². The smallest absolute Gasteiger partial charge is 0.253 e. The Labute approximate surface area is 132 Å². The van der Waals surface area contributed by atoms with E-state index in [2.05, 4.69) is 37.4 Å². The largest absolute Gasteiger partial charge is 0.364 e. The number of halogens is 1. The second-order valence-corrected chi connectivity index (χ2v) is 5.25. The molecule has 5 heteroatoms. The molecule has 3 N–H and O–H groups in total. The van der Waals surface area contributed by atoms with Gasteiger partial charge in [-0.05, 0) is 42.9 Å². The van der Waals surface area contributed by atoms with E-state index in [0.717, 1.165) is 36.9 Å². The zero-order chi connectivity index (χ0) is 14.5. The van der Waals surface area contributed by atoms with Crippen molar-refractivity contribution in [1.82, 2.24) is 0 Å². The monoisotopic (exact) mass is 312 g/mol. The van der Waals surface area contributed by atoms with Crippen molar-refractivity contribution in [1.29, 1.82) is 0 Å². The van der Waals surface area contributed by atoms with E-state index in [4.69, 9.17) is 10.5 Å². The molecule has 0 spiro atoms. The van der Waals surface area contributed by atoms with Gasteiger partial charge in [-0.25, -0.2) is 0 Å². The topological polar surface area (TPSA) is 64.4 Å². The Morgan fingerprint density at radius 1 is 1.33 bits per heavy atom. The number of anilines is 1. The zero-order valence-electron chi connectivity index (χ0n) is 12.7. The average molecular weight is 313 g/mol. The number of carbonyl (C=O) groups is 1. The fourth-order valence-electron chi connectivity index (χ4n) is 2.55. The Morgan fingerprint density at radius 3 is 2.67 bits per heavy atom. The molecule has 1 saturated heterocycles. The van der Waals surface area contributed by atoms with Gasteiger partial charge in [0, 0.05) is 12.2 Å². The van der Waals surface area contributed by atoms with Crippen molar-refractivity contribution in [3.63, 3.8) is 0 Å². The number of carbonyl (C=O) groups excluding carboxylic acids is 1. The fraction of sp³-hybridized carbons (Fsp3) is 0.562. The summed E-state index contributed by atoms with van der Waals surface area (Å²) in [7, 11) is 0. The van der Waals surface area contributed by atoms with Gasteiger partial charge in [-0.2, -0.15) is 0 Å². The van der Waals surface area contributed by atoms with Crippen molar-refractivity contribution in [3.05, 3.63) is 29.3 Å². The maximum absolute atomic E-state index is 12.3. The van der Waals surface area contributed by atoms with Gasteiger partial charge >= 0.3 is 0 Å². The summed E-state index contributed by atoms with van der Waals surface area (Å²) in [6.45, 7) is 4.68. The van der Waals surface area contributed by atoms with Gasteiger partial charge < -0.3 is 15.8 Å². The molecule has 0 bridgehead atoms. The molecule has 118 valence electrons. The number of hydrogen-bond acceptors (Lipinski definition) is 3. The number of benzene rings is 1. The lowest BCUT2D eigenvalue weighted by Gasteiger charge is -2.15. The molecule has 4 nitrogen and oxygen atoms in total. The predicted molar refractivity (Wildman–Crippen MR) is 88.0 cm³/mol. The van der Waals surface area contributed by atoms with Crippen LogP contribution < -0.4 is 11.1 Å². The molecule has 2 atom stereocenters. The molecule has 0 aromatic heterocycles. The third-order valence-electron chi connectivity index (χ3n) is 3.88. The van der Waals surface area contributed by atoms with E-state index in [1.807, 2.05) is 0 Å². The van der Waals surface area contributed by atoms with Crippen LogP contribution in [-0.4, -0.2) is 24.7 Å². The number of rotatable bonds is 5. The third-order valence-corrected chi connectivity index (χ3v) is 3.88. The first-order valence-corrected chi connectivity index (χ1v) is 7.46. The fourth-order valence-corrected chi connectivity index (χ4v) is 2.55. The van der Waals surface area contributed by atoms with Crippen LogP contribution in [0.1, 0.15) is 37.8 Å². The Morgan fingerprint density at radius 2 is 2.10 bits per heavy atom. The van der Waals surface area contributed by atoms with Gasteiger partial charge in [0.05, 0.1) is 6.10 Å². The predicted octanol–water partition coefficient (Wildman–Crippen LogP) is 2.68. The van der Waals surface area contributed by atoms with E-state index < -0.39 is 0 Å². The summed E-state index contributed by atoms with van der Waals surface area (Å²) in [6, 6.07) is 6.27. The molecule has 0 unspecified atom stereocenters. The number of nitrogens with one attached hydrogen (secondary N) is 1. The molecule has 0 aliphatic carbocycles. The molecule has 1 aromatic carbocycles. The minimum atomic E-state index is -0.362. The molecule has 0 radical (unpaired) electrons. The Hall–Kier alpha value is -1.10. The molecular weight excluding hydrogens is 288 g/mol. The van der Waals surface area contributed by atoms with Gasteiger partial charge in [0.25, 0.3) is 5.91 Å². The van der Waals surface area contributed by atoms with Crippen LogP contribution >= 0.6 is 12.4 Å². The van der Waals surface area contributed by atoms with E-state index in [0.29, 0.717) is 6.54 Å². The maximum Gasteiger partial charge on any atom is 0.253 e.